The molecule has 0 atom stereocenters. The summed E-state index contributed by atoms with van der Waals surface area (Å²) in [5.41, 5.74) is 6.20. The molecule has 1 rings (SSSR count). The summed E-state index contributed by atoms with van der Waals surface area (Å²) < 4.78 is 5.04. The van der Waals surface area contributed by atoms with Crippen molar-refractivity contribution in [2.45, 2.75) is 6.42 Å². The van der Waals surface area contributed by atoms with Crippen LogP contribution in [0.15, 0.2) is 12.1 Å². The molecule has 0 aromatic carbocycles. The van der Waals surface area contributed by atoms with Crippen molar-refractivity contribution in [3.63, 3.8) is 0 Å². The van der Waals surface area contributed by atoms with Crippen LogP contribution < -0.4 is 15.8 Å². The Bertz CT molecular complexity index is 336. The fourth-order valence-corrected chi connectivity index (χ4v) is 2.02. The number of nitrogens with two attached hydrogens (primary N) is 1. The molecule has 0 aliphatic carbocycles. The van der Waals surface area contributed by atoms with Gasteiger partial charge in [0.25, 0.3) is 0 Å². The number of aromatic nitrogens is 1. The van der Waals surface area contributed by atoms with E-state index in [0.717, 1.165) is 30.3 Å². The molecule has 6 heteroatoms. The first kappa shape index (κ1) is 13.9. The summed E-state index contributed by atoms with van der Waals surface area (Å²) in [6.07, 6.45) is 0.846. The number of hydrogen-bond acceptors (Lipinski definition) is 6. The second-order valence-corrected chi connectivity index (χ2v) is 4.64. The van der Waals surface area contributed by atoms with Gasteiger partial charge in [0.1, 0.15) is 5.82 Å². The highest BCUT2D eigenvalue weighted by Crippen LogP contribution is 2.19. The Morgan fingerprint density at radius 1 is 1.47 bits per heavy atom. The van der Waals surface area contributed by atoms with Crippen molar-refractivity contribution in [2.24, 2.45) is 0 Å². The first-order valence-electron chi connectivity index (χ1n) is 5.51. The van der Waals surface area contributed by atoms with Crippen molar-refractivity contribution >= 4 is 23.3 Å². The molecule has 0 unspecified atom stereocenters. The normalized spacial score (nSPS) is 10.2. The average molecular weight is 257 g/mol. The maximum atomic E-state index is 8.62. The highest BCUT2D eigenvalue weighted by atomic mass is 32.2. The summed E-state index contributed by atoms with van der Waals surface area (Å²) >= 11 is 1.80. The Morgan fingerprint density at radius 2 is 2.29 bits per heavy atom. The molecule has 0 spiro atoms. The molecule has 0 aliphatic heterocycles. The van der Waals surface area contributed by atoms with Crippen LogP contribution in [0.2, 0.25) is 0 Å². The van der Waals surface area contributed by atoms with Gasteiger partial charge in [0, 0.05) is 18.9 Å². The van der Waals surface area contributed by atoms with Gasteiger partial charge >= 0.3 is 0 Å². The quantitative estimate of drug-likeness (QED) is 0.607. The molecule has 0 fully saturated rings. The maximum Gasteiger partial charge on any atom is 0.238 e. The SMILES string of the molecule is COc1nc(NCCSCCCO)ccc1N. The maximum absolute atomic E-state index is 8.62. The van der Waals surface area contributed by atoms with Gasteiger partial charge in [0.05, 0.1) is 12.8 Å². The fourth-order valence-electron chi connectivity index (χ4n) is 1.23. The molecule has 17 heavy (non-hydrogen) atoms. The summed E-state index contributed by atoms with van der Waals surface area (Å²) in [4.78, 5) is 4.22. The molecule has 1 aromatic heterocycles. The van der Waals surface area contributed by atoms with E-state index in [1.54, 1.807) is 24.9 Å². The van der Waals surface area contributed by atoms with E-state index in [-0.39, 0.29) is 6.61 Å². The van der Waals surface area contributed by atoms with E-state index in [4.69, 9.17) is 15.6 Å². The van der Waals surface area contributed by atoms with Gasteiger partial charge in [-0.1, -0.05) is 0 Å². The number of rotatable bonds is 8. The van der Waals surface area contributed by atoms with Gasteiger partial charge in [-0.3, -0.25) is 0 Å². The minimum atomic E-state index is 0.261. The smallest absolute Gasteiger partial charge is 0.238 e. The van der Waals surface area contributed by atoms with Crippen LogP contribution in [0.25, 0.3) is 0 Å². The van der Waals surface area contributed by atoms with Gasteiger partial charge in [-0.2, -0.15) is 16.7 Å². The first-order chi connectivity index (χ1) is 8.27. The Balaban J connectivity index is 2.27. The van der Waals surface area contributed by atoms with Gasteiger partial charge in [0.15, 0.2) is 0 Å². The number of nitrogen functional groups attached to an aromatic ring is 1. The van der Waals surface area contributed by atoms with Crippen LogP contribution in [0, 0.1) is 0 Å². The van der Waals surface area contributed by atoms with E-state index in [9.17, 15) is 0 Å². The van der Waals surface area contributed by atoms with Crippen LogP contribution in [0.1, 0.15) is 6.42 Å². The molecule has 0 amide bonds. The minimum Gasteiger partial charge on any atom is -0.479 e. The molecule has 0 aliphatic rings. The second-order valence-electron chi connectivity index (χ2n) is 3.41. The van der Waals surface area contributed by atoms with Crippen molar-refractivity contribution in [2.75, 3.05) is 42.8 Å². The summed E-state index contributed by atoms with van der Waals surface area (Å²) in [6.45, 7) is 1.09. The van der Waals surface area contributed by atoms with Crippen LogP contribution in [0.5, 0.6) is 5.88 Å². The Labute approximate surface area is 106 Å². The summed E-state index contributed by atoms with van der Waals surface area (Å²) in [6, 6.07) is 3.60. The lowest BCUT2D eigenvalue weighted by atomic mass is 10.4. The average Bonchev–Trinajstić information content (AvgIpc) is 2.35. The summed E-state index contributed by atoms with van der Waals surface area (Å²) in [5.74, 6) is 3.17. The van der Waals surface area contributed by atoms with Crippen LogP contribution in [-0.2, 0) is 0 Å². The predicted molar refractivity (Wildman–Crippen MR) is 72.7 cm³/mol. The predicted octanol–water partition coefficient (Wildman–Crippen LogP) is 1.20. The van der Waals surface area contributed by atoms with E-state index >= 15 is 0 Å². The van der Waals surface area contributed by atoms with Crippen LogP contribution in [0.4, 0.5) is 11.5 Å². The van der Waals surface area contributed by atoms with Crippen molar-refractivity contribution in [1.29, 1.82) is 0 Å². The molecule has 0 saturated heterocycles. The Kier molecular flexibility index (Phi) is 6.57. The van der Waals surface area contributed by atoms with Crippen molar-refractivity contribution in [3.8, 4) is 5.88 Å². The fraction of sp³-hybridized carbons (Fsp3) is 0.545. The van der Waals surface area contributed by atoms with Crippen LogP contribution in [-0.4, -0.2) is 41.9 Å². The van der Waals surface area contributed by atoms with Gasteiger partial charge in [0.2, 0.25) is 5.88 Å². The van der Waals surface area contributed by atoms with E-state index in [2.05, 4.69) is 10.3 Å². The number of ether oxygens (including phenoxy) is 1. The third-order valence-electron chi connectivity index (χ3n) is 2.08. The number of aliphatic hydroxyl groups is 1. The number of anilines is 2. The number of nitrogens with zero attached hydrogens (tertiary/aromatic N) is 1. The molecule has 0 saturated carbocycles. The molecule has 5 nitrogen and oxygen atoms in total. The number of methoxy groups -OCH3 is 1. The van der Waals surface area contributed by atoms with E-state index < -0.39 is 0 Å². The van der Waals surface area contributed by atoms with Crippen LogP contribution in [0.3, 0.4) is 0 Å². The zero-order valence-electron chi connectivity index (χ0n) is 9.98. The molecule has 0 bridgehead atoms. The zero-order valence-corrected chi connectivity index (χ0v) is 10.8. The van der Waals surface area contributed by atoms with Gasteiger partial charge < -0.3 is 20.9 Å². The standard InChI is InChI=1S/C11H19N3O2S/c1-16-11-9(12)3-4-10(14-11)13-5-8-17-7-2-6-15/h3-4,15H,2,5-8,12H2,1H3,(H,13,14). The molecular formula is C11H19N3O2S. The molecule has 1 heterocycles. The van der Waals surface area contributed by atoms with Crippen molar-refractivity contribution in [1.82, 2.24) is 4.98 Å². The lowest BCUT2D eigenvalue weighted by Crippen LogP contribution is -2.07. The zero-order chi connectivity index (χ0) is 12.5. The number of aliphatic hydroxyl groups excluding tert-OH is 1. The third kappa shape index (κ3) is 5.14. The highest BCUT2D eigenvalue weighted by molar-refractivity contribution is 7.99. The number of nitrogens with one attached hydrogen (secondary N) is 1. The van der Waals surface area contributed by atoms with E-state index in [1.165, 1.54) is 0 Å². The third-order valence-corrected chi connectivity index (χ3v) is 3.15. The Morgan fingerprint density at radius 3 is 3.00 bits per heavy atom. The minimum absolute atomic E-state index is 0.261. The molecule has 0 radical (unpaired) electrons. The topological polar surface area (TPSA) is 80.4 Å². The largest absolute Gasteiger partial charge is 0.479 e. The van der Waals surface area contributed by atoms with E-state index in [1.807, 2.05) is 6.07 Å². The highest BCUT2D eigenvalue weighted by Gasteiger charge is 2.01. The molecule has 1 aromatic rings. The number of hydrogen-bond donors (Lipinski definition) is 3. The second kappa shape index (κ2) is 8.03. The number of pyridine rings is 1. The summed E-state index contributed by atoms with van der Waals surface area (Å²) in [5, 5.41) is 11.8. The number of thioether (sulfide) groups is 1. The van der Waals surface area contributed by atoms with Gasteiger partial charge in [-0.15, -0.1) is 0 Å². The lowest BCUT2D eigenvalue weighted by Gasteiger charge is -2.08. The molecular weight excluding hydrogens is 238 g/mol. The van der Waals surface area contributed by atoms with Crippen molar-refractivity contribution < 1.29 is 9.84 Å². The van der Waals surface area contributed by atoms with Crippen LogP contribution >= 0.6 is 11.8 Å². The van der Waals surface area contributed by atoms with Gasteiger partial charge in [-0.05, 0) is 24.3 Å². The molecule has 96 valence electrons. The summed E-state index contributed by atoms with van der Waals surface area (Å²) in [7, 11) is 1.55. The lowest BCUT2D eigenvalue weighted by molar-refractivity contribution is 0.296. The Hall–Kier alpha value is -1.14. The van der Waals surface area contributed by atoms with Gasteiger partial charge in [-0.25, -0.2) is 0 Å². The van der Waals surface area contributed by atoms with E-state index in [0.29, 0.717) is 11.6 Å². The van der Waals surface area contributed by atoms with Crippen molar-refractivity contribution in [3.05, 3.63) is 12.1 Å². The first-order valence-corrected chi connectivity index (χ1v) is 6.66. The molecule has 4 N–H and O–H groups in total. The monoisotopic (exact) mass is 257 g/mol.